The van der Waals surface area contributed by atoms with Crippen molar-refractivity contribution in [1.82, 2.24) is 24.0 Å². The number of aryl methyl sites for hydroxylation is 1. The first-order valence-corrected chi connectivity index (χ1v) is 12.4. The van der Waals surface area contributed by atoms with Gasteiger partial charge in [-0.1, -0.05) is 44.1 Å². The highest BCUT2D eigenvalue weighted by Crippen LogP contribution is 2.26. The minimum Gasteiger partial charge on any atom is -0.340 e. The molecule has 172 valence electrons. The zero-order chi connectivity index (χ0) is 23.6. The van der Waals surface area contributed by atoms with Gasteiger partial charge >= 0.3 is 5.69 Å². The Morgan fingerprint density at radius 2 is 2.00 bits per heavy atom. The molecule has 0 fully saturated rings. The molecule has 0 atom stereocenters. The maximum atomic E-state index is 13.0. The molecule has 0 saturated carbocycles. The summed E-state index contributed by atoms with van der Waals surface area (Å²) >= 11 is 8.60. The number of amides is 1. The fourth-order valence-corrected chi connectivity index (χ4v) is 5.24. The van der Waals surface area contributed by atoms with Gasteiger partial charge in [-0.3, -0.25) is 18.7 Å². The molecule has 0 aliphatic rings. The predicted octanol–water partition coefficient (Wildman–Crippen LogP) is 3.49. The van der Waals surface area contributed by atoms with Gasteiger partial charge in [0.2, 0.25) is 5.91 Å². The molecule has 8 nitrogen and oxygen atoms in total. The van der Waals surface area contributed by atoms with E-state index in [9.17, 15) is 14.4 Å². The number of halogens is 1. The van der Waals surface area contributed by atoms with Crippen LogP contribution in [0.5, 0.6) is 0 Å². The first-order chi connectivity index (χ1) is 15.1. The largest absolute Gasteiger partial charge is 0.340 e. The number of rotatable bonds is 8. The van der Waals surface area contributed by atoms with Gasteiger partial charge < -0.3 is 4.90 Å². The third-order valence-corrected chi connectivity index (χ3v) is 7.09. The molecule has 3 aromatic rings. The van der Waals surface area contributed by atoms with Crippen molar-refractivity contribution in [3.05, 3.63) is 48.0 Å². The van der Waals surface area contributed by atoms with Crippen LogP contribution in [-0.4, -0.2) is 42.7 Å². The molecule has 32 heavy (non-hydrogen) atoms. The first kappa shape index (κ1) is 24.5. The molecule has 0 N–H and O–H groups in total. The number of fused-ring (bicyclic) bond motifs is 1. The van der Waals surface area contributed by atoms with Gasteiger partial charge in [0.15, 0.2) is 5.65 Å². The number of carbonyl (C=O) groups is 1. The van der Waals surface area contributed by atoms with Crippen molar-refractivity contribution >= 4 is 51.6 Å². The topological polar surface area (TPSA) is 90.1 Å². The number of thiophene rings is 1. The van der Waals surface area contributed by atoms with Crippen molar-refractivity contribution in [3.63, 3.8) is 0 Å². The molecule has 0 spiro atoms. The number of nitrogens with zero attached hydrogens (tertiary/aromatic N) is 5. The molecule has 0 aliphatic carbocycles. The third-order valence-electron chi connectivity index (χ3n) is 4.91. The molecule has 0 aromatic carbocycles. The summed E-state index contributed by atoms with van der Waals surface area (Å²) in [5.74, 6) is 0.535. The molecule has 0 unspecified atom stereocenters. The number of aromatic nitrogens is 4. The van der Waals surface area contributed by atoms with Gasteiger partial charge in [-0.25, -0.2) is 14.8 Å². The lowest BCUT2D eigenvalue weighted by molar-refractivity contribution is -0.127. The molecule has 11 heteroatoms. The van der Waals surface area contributed by atoms with Crippen LogP contribution in [0.1, 0.15) is 43.8 Å². The Bertz CT molecular complexity index is 1260. The van der Waals surface area contributed by atoms with Crippen LogP contribution in [0.3, 0.4) is 0 Å². The monoisotopic (exact) mass is 495 g/mol. The van der Waals surface area contributed by atoms with Crippen molar-refractivity contribution in [1.29, 1.82) is 0 Å². The lowest BCUT2D eigenvalue weighted by Gasteiger charge is -2.17. The van der Waals surface area contributed by atoms with E-state index >= 15 is 0 Å². The summed E-state index contributed by atoms with van der Waals surface area (Å²) in [6.45, 7) is 6.75. The molecular weight excluding hydrogens is 470 g/mol. The summed E-state index contributed by atoms with van der Waals surface area (Å²) in [5, 5.41) is 0.695. The summed E-state index contributed by atoms with van der Waals surface area (Å²) < 4.78 is 3.27. The van der Waals surface area contributed by atoms with E-state index in [1.165, 1.54) is 34.7 Å². The Kier molecular flexibility index (Phi) is 7.79. The van der Waals surface area contributed by atoms with Crippen LogP contribution in [0.25, 0.3) is 11.0 Å². The standard InChI is InChI=1S/C21H26ClN5O3S2/c1-6-9-27-18-16(20(29)26(5)21(27)30)19(24-17(23-18)12(2)3)31-11-15(28)25(4)10-13-7-8-14(22)32-13/h7-8,12H,6,9-11H2,1-5H3. The van der Waals surface area contributed by atoms with E-state index in [-0.39, 0.29) is 23.0 Å². The molecule has 0 saturated heterocycles. The molecule has 0 radical (unpaired) electrons. The van der Waals surface area contributed by atoms with E-state index < -0.39 is 11.2 Å². The highest BCUT2D eigenvalue weighted by Gasteiger charge is 2.21. The van der Waals surface area contributed by atoms with Crippen LogP contribution >= 0.6 is 34.7 Å². The zero-order valence-corrected chi connectivity index (χ0v) is 21.1. The van der Waals surface area contributed by atoms with Gasteiger partial charge in [0, 0.05) is 31.4 Å². The van der Waals surface area contributed by atoms with Crippen molar-refractivity contribution in [2.45, 2.75) is 51.2 Å². The molecule has 3 heterocycles. The van der Waals surface area contributed by atoms with Crippen LogP contribution in [-0.2, 0) is 24.9 Å². The normalized spacial score (nSPS) is 11.5. The maximum Gasteiger partial charge on any atom is 0.332 e. The second-order valence-corrected chi connectivity index (χ2v) is 10.5. The number of hydrogen-bond donors (Lipinski definition) is 0. The van der Waals surface area contributed by atoms with Crippen LogP contribution < -0.4 is 11.2 Å². The highest BCUT2D eigenvalue weighted by atomic mass is 35.5. The number of thioether (sulfide) groups is 1. The van der Waals surface area contributed by atoms with Crippen LogP contribution in [0.15, 0.2) is 26.7 Å². The Balaban J connectivity index is 1.98. The molecule has 3 aromatic heterocycles. The molecule has 3 rings (SSSR count). The van der Waals surface area contributed by atoms with Crippen LogP contribution in [0.4, 0.5) is 0 Å². The molecule has 0 aliphatic heterocycles. The van der Waals surface area contributed by atoms with Crippen molar-refractivity contribution in [2.24, 2.45) is 7.05 Å². The van der Waals surface area contributed by atoms with Crippen molar-refractivity contribution in [3.8, 4) is 0 Å². The van der Waals surface area contributed by atoms with E-state index in [1.807, 2.05) is 26.8 Å². The number of carbonyl (C=O) groups excluding carboxylic acids is 1. The van der Waals surface area contributed by atoms with Gasteiger partial charge in [0.1, 0.15) is 16.2 Å². The summed E-state index contributed by atoms with van der Waals surface area (Å²) in [4.78, 5) is 50.2. The number of hydrogen-bond acceptors (Lipinski definition) is 7. The van der Waals surface area contributed by atoms with Crippen LogP contribution in [0.2, 0.25) is 4.34 Å². The Morgan fingerprint density at radius 1 is 1.28 bits per heavy atom. The fourth-order valence-electron chi connectivity index (χ4n) is 3.14. The Hall–Kier alpha value is -2.17. The smallest absolute Gasteiger partial charge is 0.332 e. The molecule has 1 amide bonds. The van der Waals surface area contributed by atoms with Gasteiger partial charge in [-0.2, -0.15) is 0 Å². The second kappa shape index (κ2) is 10.2. The van der Waals surface area contributed by atoms with E-state index in [1.54, 1.807) is 18.0 Å². The predicted molar refractivity (Wildman–Crippen MR) is 130 cm³/mol. The molecule has 0 bridgehead atoms. The quantitative estimate of drug-likeness (QED) is 0.351. The van der Waals surface area contributed by atoms with E-state index in [0.717, 1.165) is 9.44 Å². The summed E-state index contributed by atoms with van der Waals surface area (Å²) in [5.41, 5.74) is -0.529. The van der Waals surface area contributed by atoms with Gasteiger partial charge in [-0.05, 0) is 18.6 Å². The van der Waals surface area contributed by atoms with E-state index in [0.29, 0.717) is 40.3 Å². The van der Waals surface area contributed by atoms with E-state index in [4.69, 9.17) is 11.6 Å². The Labute approximate surface area is 199 Å². The average molecular weight is 496 g/mol. The highest BCUT2D eigenvalue weighted by molar-refractivity contribution is 8.00. The third kappa shape index (κ3) is 5.07. The summed E-state index contributed by atoms with van der Waals surface area (Å²) in [7, 11) is 3.18. The summed E-state index contributed by atoms with van der Waals surface area (Å²) in [6, 6.07) is 3.70. The SMILES string of the molecule is CCCn1c(=O)n(C)c(=O)c2c(SCC(=O)N(C)Cc3ccc(Cl)s3)nc(C(C)C)nc21. The lowest BCUT2D eigenvalue weighted by Crippen LogP contribution is -2.39. The fraction of sp³-hybridized carbons (Fsp3) is 0.476. The van der Waals surface area contributed by atoms with Crippen molar-refractivity contribution in [2.75, 3.05) is 12.8 Å². The van der Waals surface area contributed by atoms with Crippen LogP contribution in [0, 0.1) is 0 Å². The van der Waals surface area contributed by atoms with Gasteiger partial charge in [0.25, 0.3) is 5.56 Å². The minimum absolute atomic E-state index is 0.00469. The Morgan fingerprint density at radius 3 is 2.59 bits per heavy atom. The average Bonchev–Trinajstić information content (AvgIpc) is 3.17. The van der Waals surface area contributed by atoms with Gasteiger partial charge in [-0.15, -0.1) is 11.3 Å². The summed E-state index contributed by atoms with van der Waals surface area (Å²) in [6.07, 6.45) is 0.715. The zero-order valence-electron chi connectivity index (χ0n) is 18.7. The second-order valence-electron chi connectivity index (χ2n) is 7.78. The lowest BCUT2D eigenvalue weighted by atomic mass is 10.2. The van der Waals surface area contributed by atoms with E-state index in [2.05, 4.69) is 9.97 Å². The molecular formula is C21H26ClN5O3S2. The first-order valence-electron chi connectivity index (χ1n) is 10.3. The maximum absolute atomic E-state index is 13.0. The minimum atomic E-state index is -0.454. The van der Waals surface area contributed by atoms with Gasteiger partial charge in [0.05, 0.1) is 16.6 Å². The van der Waals surface area contributed by atoms with Crippen molar-refractivity contribution < 1.29 is 4.79 Å².